The summed E-state index contributed by atoms with van der Waals surface area (Å²) in [7, 11) is -4.40. The summed E-state index contributed by atoms with van der Waals surface area (Å²) in [5.41, 5.74) is 1.55. The van der Waals surface area contributed by atoms with Gasteiger partial charge in [-0.05, 0) is 36.2 Å². The molecule has 0 aliphatic rings. The second-order valence-electron chi connectivity index (χ2n) is 5.09. The first-order valence-corrected chi connectivity index (χ1v) is 7.95. The van der Waals surface area contributed by atoms with Crippen LogP contribution in [0.15, 0.2) is 41.3 Å². The number of aryl methyl sites for hydroxylation is 1. The van der Waals surface area contributed by atoms with E-state index in [0.717, 1.165) is 11.6 Å². The molecule has 6 heteroatoms. The molecule has 1 atom stereocenters. The van der Waals surface area contributed by atoms with Crippen molar-refractivity contribution in [1.29, 1.82) is 5.26 Å². The lowest BCUT2D eigenvalue weighted by atomic mass is 9.91. The summed E-state index contributed by atoms with van der Waals surface area (Å²) in [6.07, 6.45) is 0. The molecule has 1 N–H and O–H groups in total. The lowest BCUT2D eigenvalue weighted by Crippen LogP contribution is -2.08. The Hall–Kier alpha value is -2.23. The fourth-order valence-electron chi connectivity index (χ4n) is 2.36. The normalized spacial score (nSPS) is 12.7. The molecule has 0 saturated carbocycles. The van der Waals surface area contributed by atoms with Crippen LogP contribution in [0.1, 0.15) is 35.1 Å². The Labute approximate surface area is 128 Å². The number of hydrogen-bond acceptors (Lipinski definition) is 3. The van der Waals surface area contributed by atoms with E-state index in [4.69, 9.17) is 5.26 Å². The predicted molar refractivity (Wildman–Crippen MR) is 79.6 cm³/mol. The van der Waals surface area contributed by atoms with E-state index in [0.29, 0.717) is 5.56 Å². The summed E-state index contributed by atoms with van der Waals surface area (Å²) in [6, 6.07) is 10.3. The topological polar surface area (TPSA) is 78.2 Å². The molecule has 0 aliphatic heterocycles. The Balaban J connectivity index is 2.62. The van der Waals surface area contributed by atoms with Crippen molar-refractivity contribution in [3.63, 3.8) is 0 Å². The van der Waals surface area contributed by atoms with Crippen LogP contribution < -0.4 is 0 Å². The van der Waals surface area contributed by atoms with Gasteiger partial charge in [-0.3, -0.25) is 4.55 Å². The standard InChI is InChI=1S/C16H14FNO3S/c1-10-3-6-16(22(19,20)21)14(7-10)11(2)13-5-4-12(9-18)8-15(13)17/h3-8,11H,1-2H3,(H,19,20,21). The number of nitriles is 1. The minimum atomic E-state index is -4.40. The Morgan fingerprint density at radius 1 is 1.18 bits per heavy atom. The second kappa shape index (κ2) is 5.87. The number of rotatable bonds is 3. The van der Waals surface area contributed by atoms with E-state index in [1.54, 1.807) is 26.0 Å². The molecule has 0 aliphatic carbocycles. The van der Waals surface area contributed by atoms with E-state index in [9.17, 15) is 17.4 Å². The third-order valence-corrected chi connectivity index (χ3v) is 4.43. The van der Waals surface area contributed by atoms with Gasteiger partial charge in [0.1, 0.15) is 5.82 Å². The lowest BCUT2D eigenvalue weighted by Gasteiger charge is -2.17. The first-order chi connectivity index (χ1) is 10.2. The van der Waals surface area contributed by atoms with Gasteiger partial charge >= 0.3 is 0 Å². The number of benzene rings is 2. The predicted octanol–water partition coefficient (Wildman–Crippen LogP) is 3.40. The van der Waals surface area contributed by atoms with Gasteiger partial charge in [-0.2, -0.15) is 13.7 Å². The number of nitrogens with zero attached hydrogens (tertiary/aromatic N) is 1. The molecular weight excluding hydrogens is 305 g/mol. The first-order valence-electron chi connectivity index (χ1n) is 6.51. The van der Waals surface area contributed by atoms with Crippen molar-refractivity contribution in [2.24, 2.45) is 0 Å². The highest BCUT2D eigenvalue weighted by atomic mass is 32.2. The van der Waals surface area contributed by atoms with Crippen LogP contribution in [-0.2, 0) is 10.1 Å². The smallest absolute Gasteiger partial charge is 0.282 e. The molecule has 0 radical (unpaired) electrons. The van der Waals surface area contributed by atoms with Gasteiger partial charge in [0.05, 0.1) is 16.5 Å². The van der Waals surface area contributed by atoms with Crippen molar-refractivity contribution in [3.8, 4) is 6.07 Å². The molecule has 1 unspecified atom stereocenters. The minimum Gasteiger partial charge on any atom is -0.282 e. The molecule has 2 aromatic rings. The van der Waals surface area contributed by atoms with Crippen molar-refractivity contribution < 1.29 is 17.4 Å². The fourth-order valence-corrected chi connectivity index (χ4v) is 3.13. The van der Waals surface area contributed by atoms with Gasteiger partial charge in [-0.15, -0.1) is 0 Å². The lowest BCUT2D eigenvalue weighted by molar-refractivity contribution is 0.481. The van der Waals surface area contributed by atoms with Gasteiger partial charge in [0, 0.05) is 5.92 Å². The molecular formula is C16H14FNO3S. The third kappa shape index (κ3) is 3.16. The molecule has 2 rings (SSSR count). The van der Waals surface area contributed by atoms with Gasteiger partial charge in [0.2, 0.25) is 0 Å². The second-order valence-corrected chi connectivity index (χ2v) is 6.48. The van der Waals surface area contributed by atoms with Gasteiger partial charge in [0.15, 0.2) is 0 Å². The van der Waals surface area contributed by atoms with E-state index < -0.39 is 21.9 Å². The Morgan fingerprint density at radius 3 is 2.41 bits per heavy atom. The van der Waals surface area contributed by atoms with Crippen molar-refractivity contribution in [2.45, 2.75) is 24.7 Å². The average Bonchev–Trinajstić information content (AvgIpc) is 2.45. The maximum Gasteiger partial charge on any atom is 0.294 e. The fraction of sp³-hybridized carbons (Fsp3) is 0.188. The Kier molecular flexibility index (Phi) is 4.31. The zero-order valence-electron chi connectivity index (χ0n) is 12.0. The van der Waals surface area contributed by atoms with Crippen LogP contribution in [0.3, 0.4) is 0 Å². The number of halogens is 1. The van der Waals surface area contributed by atoms with Crippen molar-refractivity contribution in [1.82, 2.24) is 0 Å². The van der Waals surface area contributed by atoms with Crippen LogP contribution in [-0.4, -0.2) is 13.0 Å². The summed E-state index contributed by atoms with van der Waals surface area (Å²) < 4.78 is 46.5. The van der Waals surface area contributed by atoms with E-state index in [1.807, 2.05) is 6.07 Å². The van der Waals surface area contributed by atoms with Crippen LogP contribution >= 0.6 is 0 Å². The molecule has 0 spiro atoms. The summed E-state index contributed by atoms with van der Waals surface area (Å²) in [5.74, 6) is -1.18. The molecule has 0 heterocycles. The minimum absolute atomic E-state index is 0.188. The van der Waals surface area contributed by atoms with Crippen LogP contribution in [0.5, 0.6) is 0 Å². The van der Waals surface area contributed by atoms with E-state index in [-0.39, 0.29) is 16.0 Å². The molecule has 0 aromatic heterocycles. The van der Waals surface area contributed by atoms with Crippen molar-refractivity contribution in [2.75, 3.05) is 0 Å². The molecule has 4 nitrogen and oxygen atoms in total. The van der Waals surface area contributed by atoms with Crippen LogP contribution in [0.4, 0.5) is 4.39 Å². The van der Waals surface area contributed by atoms with Crippen molar-refractivity contribution in [3.05, 3.63) is 64.5 Å². The molecule has 0 amide bonds. The SMILES string of the molecule is Cc1ccc(S(=O)(=O)O)c(C(C)c2ccc(C#N)cc2F)c1. The highest BCUT2D eigenvalue weighted by Crippen LogP contribution is 2.32. The van der Waals surface area contributed by atoms with E-state index >= 15 is 0 Å². The quantitative estimate of drug-likeness (QED) is 0.879. The van der Waals surface area contributed by atoms with Gasteiger partial charge < -0.3 is 0 Å². The summed E-state index contributed by atoms with van der Waals surface area (Å²) in [6.45, 7) is 3.42. The van der Waals surface area contributed by atoms with E-state index in [1.165, 1.54) is 18.2 Å². The van der Waals surface area contributed by atoms with Gasteiger partial charge in [-0.25, -0.2) is 4.39 Å². The van der Waals surface area contributed by atoms with Crippen LogP contribution in [0.25, 0.3) is 0 Å². The van der Waals surface area contributed by atoms with Gasteiger partial charge in [0.25, 0.3) is 10.1 Å². The van der Waals surface area contributed by atoms with Crippen molar-refractivity contribution >= 4 is 10.1 Å². The molecule has 0 saturated heterocycles. The zero-order chi connectivity index (χ0) is 16.5. The molecule has 2 aromatic carbocycles. The highest BCUT2D eigenvalue weighted by molar-refractivity contribution is 7.85. The Morgan fingerprint density at radius 2 is 1.86 bits per heavy atom. The molecule has 114 valence electrons. The average molecular weight is 319 g/mol. The van der Waals surface area contributed by atoms with Crippen LogP contribution in [0.2, 0.25) is 0 Å². The van der Waals surface area contributed by atoms with E-state index in [2.05, 4.69) is 0 Å². The molecule has 0 fully saturated rings. The largest absolute Gasteiger partial charge is 0.294 e. The summed E-state index contributed by atoms with van der Waals surface area (Å²) in [4.78, 5) is -0.241. The van der Waals surface area contributed by atoms with Crippen LogP contribution in [0, 0.1) is 24.1 Å². The first kappa shape index (κ1) is 16.1. The highest BCUT2D eigenvalue weighted by Gasteiger charge is 2.22. The number of hydrogen-bond donors (Lipinski definition) is 1. The molecule has 0 bridgehead atoms. The summed E-state index contributed by atoms with van der Waals surface area (Å²) in [5, 5.41) is 8.77. The zero-order valence-corrected chi connectivity index (χ0v) is 12.9. The maximum absolute atomic E-state index is 14.1. The maximum atomic E-state index is 14.1. The monoisotopic (exact) mass is 319 g/mol. The van der Waals surface area contributed by atoms with Gasteiger partial charge in [-0.1, -0.05) is 30.7 Å². The third-order valence-electron chi connectivity index (χ3n) is 3.51. The molecule has 22 heavy (non-hydrogen) atoms. The Bertz CT molecular complexity index is 869. The summed E-state index contributed by atoms with van der Waals surface area (Å²) >= 11 is 0.